The molecule has 1 aliphatic heterocycles. The molecule has 0 bridgehead atoms. The summed E-state index contributed by atoms with van der Waals surface area (Å²) >= 11 is 0. The van der Waals surface area contributed by atoms with Crippen molar-refractivity contribution in [3.63, 3.8) is 0 Å². The van der Waals surface area contributed by atoms with Gasteiger partial charge in [0.2, 0.25) is 5.91 Å². The standard InChI is InChI=1S/C24H33N3O/c1-3-18(2)24(28)27-15-14-26-17-21(20-12-8-5-9-13-20)25-23(26)22(27)16-19-10-6-4-7-11-19/h5,8-9,12-13,17-19,22H,3-4,6-7,10-11,14-16H2,1-2H3/t18-,22-/m0/s1. The third kappa shape index (κ3) is 3.87. The molecule has 0 N–H and O–H groups in total. The summed E-state index contributed by atoms with van der Waals surface area (Å²) in [5.41, 5.74) is 2.18. The summed E-state index contributed by atoms with van der Waals surface area (Å²) in [5, 5.41) is 0. The molecular weight excluding hydrogens is 346 g/mol. The predicted molar refractivity (Wildman–Crippen MR) is 113 cm³/mol. The highest BCUT2D eigenvalue weighted by Crippen LogP contribution is 2.38. The third-order valence-electron chi connectivity index (χ3n) is 6.73. The van der Waals surface area contributed by atoms with Crippen LogP contribution in [-0.2, 0) is 11.3 Å². The Morgan fingerprint density at radius 2 is 1.89 bits per heavy atom. The molecule has 0 unspecified atom stereocenters. The van der Waals surface area contributed by atoms with E-state index >= 15 is 0 Å². The highest BCUT2D eigenvalue weighted by atomic mass is 16.2. The maximum Gasteiger partial charge on any atom is 0.226 e. The van der Waals surface area contributed by atoms with Crippen molar-refractivity contribution in [1.82, 2.24) is 14.5 Å². The molecule has 4 nitrogen and oxygen atoms in total. The van der Waals surface area contributed by atoms with E-state index in [4.69, 9.17) is 4.98 Å². The molecule has 1 aliphatic carbocycles. The van der Waals surface area contributed by atoms with Gasteiger partial charge in [0.1, 0.15) is 5.82 Å². The number of benzene rings is 1. The highest BCUT2D eigenvalue weighted by Gasteiger charge is 2.36. The first-order valence-electron chi connectivity index (χ1n) is 11.1. The Bertz CT molecular complexity index is 791. The van der Waals surface area contributed by atoms with Gasteiger partial charge in [-0.25, -0.2) is 4.98 Å². The van der Waals surface area contributed by atoms with E-state index in [1.807, 2.05) is 6.07 Å². The minimum absolute atomic E-state index is 0.0870. The molecule has 1 fully saturated rings. The molecular formula is C24H33N3O. The fourth-order valence-corrected chi connectivity index (χ4v) is 4.83. The fraction of sp³-hybridized carbons (Fsp3) is 0.583. The predicted octanol–water partition coefficient (Wildman–Crippen LogP) is 5.45. The van der Waals surface area contributed by atoms with Gasteiger partial charge in [-0.15, -0.1) is 0 Å². The van der Waals surface area contributed by atoms with Crippen LogP contribution in [0.2, 0.25) is 0 Å². The van der Waals surface area contributed by atoms with Crippen LogP contribution in [0.25, 0.3) is 11.3 Å². The Balaban J connectivity index is 1.66. The average Bonchev–Trinajstić information content (AvgIpc) is 3.19. The number of carbonyl (C=O) groups excluding carboxylic acids is 1. The van der Waals surface area contributed by atoms with Gasteiger partial charge in [0.05, 0.1) is 11.7 Å². The number of imidazole rings is 1. The molecule has 1 aromatic heterocycles. The molecule has 2 aromatic rings. The van der Waals surface area contributed by atoms with E-state index in [9.17, 15) is 4.79 Å². The molecule has 2 aliphatic rings. The van der Waals surface area contributed by atoms with Gasteiger partial charge in [-0.1, -0.05) is 76.3 Å². The van der Waals surface area contributed by atoms with Crippen molar-refractivity contribution in [2.45, 2.75) is 71.4 Å². The Hall–Kier alpha value is -2.10. The first-order valence-corrected chi connectivity index (χ1v) is 11.1. The Morgan fingerprint density at radius 3 is 2.61 bits per heavy atom. The average molecular weight is 380 g/mol. The van der Waals surface area contributed by atoms with Crippen LogP contribution in [0, 0.1) is 11.8 Å². The zero-order chi connectivity index (χ0) is 19.5. The molecule has 2 atom stereocenters. The number of rotatable bonds is 5. The van der Waals surface area contributed by atoms with E-state index in [0.717, 1.165) is 48.9 Å². The van der Waals surface area contributed by atoms with Gasteiger partial charge < -0.3 is 9.47 Å². The van der Waals surface area contributed by atoms with Gasteiger partial charge >= 0.3 is 0 Å². The van der Waals surface area contributed by atoms with Crippen LogP contribution in [0.5, 0.6) is 0 Å². The van der Waals surface area contributed by atoms with Crippen LogP contribution in [0.1, 0.15) is 70.7 Å². The van der Waals surface area contributed by atoms with Crippen molar-refractivity contribution in [3.05, 3.63) is 42.4 Å². The van der Waals surface area contributed by atoms with E-state index in [-0.39, 0.29) is 12.0 Å². The summed E-state index contributed by atoms with van der Waals surface area (Å²) in [6, 6.07) is 10.5. The van der Waals surface area contributed by atoms with Crippen molar-refractivity contribution >= 4 is 5.91 Å². The second-order valence-electron chi connectivity index (χ2n) is 8.64. The van der Waals surface area contributed by atoms with Crippen LogP contribution >= 0.6 is 0 Å². The zero-order valence-electron chi connectivity index (χ0n) is 17.3. The van der Waals surface area contributed by atoms with Crippen molar-refractivity contribution in [2.75, 3.05) is 6.54 Å². The monoisotopic (exact) mass is 379 g/mol. The lowest BCUT2D eigenvalue weighted by Gasteiger charge is -2.39. The Morgan fingerprint density at radius 1 is 1.14 bits per heavy atom. The summed E-state index contributed by atoms with van der Waals surface area (Å²) in [4.78, 5) is 20.4. The number of hydrogen-bond acceptors (Lipinski definition) is 2. The van der Waals surface area contributed by atoms with Gasteiger partial charge in [-0.05, 0) is 18.8 Å². The first-order chi connectivity index (χ1) is 13.7. The van der Waals surface area contributed by atoms with Crippen LogP contribution in [-0.4, -0.2) is 26.9 Å². The van der Waals surface area contributed by atoms with Crippen LogP contribution in [0.15, 0.2) is 36.5 Å². The third-order valence-corrected chi connectivity index (χ3v) is 6.73. The number of hydrogen-bond donors (Lipinski definition) is 0. The van der Waals surface area contributed by atoms with Gasteiger partial charge in [0.15, 0.2) is 0 Å². The molecule has 0 spiro atoms. The topological polar surface area (TPSA) is 38.1 Å². The molecule has 28 heavy (non-hydrogen) atoms. The summed E-state index contributed by atoms with van der Waals surface area (Å²) in [5.74, 6) is 2.20. The highest BCUT2D eigenvalue weighted by molar-refractivity contribution is 5.79. The normalized spacial score (nSPS) is 21.4. The Kier molecular flexibility index (Phi) is 5.84. The van der Waals surface area contributed by atoms with Crippen molar-refractivity contribution in [1.29, 1.82) is 0 Å². The van der Waals surface area contributed by atoms with Crippen LogP contribution in [0.3, 0.4) is 0 Å². The smallest absolute Gasteiger partial charge is 0.226 e. The van der Waals surface area contributed by atoms with Crippen molar-refractivity contribution < 1.29 is 4.79 Å². The Labute approximate surface area is 169 Å². The van der Waals surface area contributed by atoms with Crippen molar-refractivity contribution in [2.24, 2.45) is 11.8 Å². The van der Waals surface area contributed by atoms with E-state index in [1.165, 1.54) is 32.1 Å². The molecule has 4 rings (SSSR count). The lowest BCUT2D eigenvalue weighted by atomic mass is 9.83. The summed E-state index contributed by atoms with van der Waals surface area (Å²) in [6.45, 7) is 5.82. The van der Waals surface area contributed by atoms with Crippen LogP contribution in [0.4, 0.5) is 0 Å². The van der Waals surface area contributed by atoms with Crippen molar-refractivity contribution in [3.8, 4) is 11.3 Å². The minimum Gasteiger partial charge on any atom is -0.331 e. The summed E-state index contributed by atoms with van der Waals surface area (Å²) in [7, 11) is 0. The largest absolute Gasteiger partial charge is 0.331 e. The summed E-state index contributed by atoms with van der Waals surface area (Å²) in [6.07, 6.45) is 10.8. The number of fused-ring (bicyclic) bond motifs is 1. The minimum atomic E-state index is 0.0870. The number of nitrogens with zero attached hydrogens (tertiary/aromatic N) is 3. The molecule has 2 heterocycles. The molecule has 4 heteroatoms. The second kappa shape index (κ2) is 8.50. The molecule has 0 saturated heterocycles. The van der Waals surface area contributed by atoms with Gasteiger partial charge in [-0.3, -0.25) is 4.79 Å². The van der Waals surface area contributed by atoms with Gasteiger partial charge in [0, 0.05) is 30.8 Å². The number of amides is 1. The first kappa shape index (κ1) is 19.2. The fourth-order valence-electron chi connectivity index (χ4n) is 4.83. The summed E-state index contributed by atoms with van der Waals surface area (Å²) < 4.78 is 2.30. The maximum absolute atomic E-state index is 13.2. The SMILES string of the molecule is CC[C@H](C)C(=O)N1CCn2cc(-c3ccccc3)nc2[C@@H]1CC1CCCCC1. The van der Waals surface area contributed by atoms with Gasteiger partial charge in [0.25, 0.3) is 0 Å². The molecule has 1 saturated carbocycles. The molecule has 150 valence electrons. The van der Waals surface area contributed by atoms with Crippen LogP contribution < -0.4 is 0 Å². The quantitative estimate of drug-likeness (QED) is 0.693. The van der Waals surface area contributed by atoms with E-state index in [2.05, 4.69) is 53.8 Å². The van der Waals surface area contributed by atoms with E-state index in [1.54, 1.807) is 0 Å². The van der Waals surface area contributed by atoms with E-state index < -0.39 is 0 Å². The molecule has 1 aromatic carbocycles. The zero-order valence-corrected chi connectivity index (χ0v) is 17.3. The molecule has 1 amide bonds. The number of carbonyl (C=O) groups is 1. The lowest BCUT2D eigenvalue weighted by Crippen LogP contribution is -2.45. The molecule has 0 radical (unpaired) electrons. The van der Waals surface area contributed by atoms with E-state index in [0.29, 0.717) is 5.91 Å². The lowest BCUT2D eigenvalue weighted by molar-refractivity contribution is -0.139. The number of aromatic nitrogens is 2. The van der Waals surface area contributed by atoms with Gasteiger partial charge in [-0.2, -0.15) is 0 Å². The maximum atomic E-state index is 13.2. The second-order valence-corrected chi connectivity index (χ2v) is 8.64.